The zero-order chi connectivity index (χ0) is 19.0. The van der Waals surface area contributed by atoms with Crippen molar-refractivity contribution in [2.75, 3.05) is 6.61 Å². The van der Waals surface area contributed by atoms with E-state index in [1.807, 2.05) is 13.0 Å². The van der Waals surface area contributed by atoms with Gasteiger partial charge in [0.25, 0.3) is 11.1 Å². The number of aromatic nitrogens is 1. The normalized spacial score (nSPS) is 15.6. The number of imide groups is 1. The molecule has 4 rings (SSSR count). The van der Waals surface area contributed by atoms with E-state index in [4.69, 9.17) is 20.8 Å². The van der Waals surface area contributed by atoms with Crippen molar-refractivity contribution >= 4 is 51.6 Å². The number of carbonyl (C=O) groups is 2. The van der Waals surface area contributed by atoms with Gasteiger partial charge in [-0.3, -0.25) is 19.9 Å². The Morgan fingerprint density at radius 2 is 2.15 bits per heavy atom. The lowest BCUT2D eigenvalue weighted by atomic mass is 10.1. The molecule has 0 aliphatic carbocycles. The van der Waals surface area contributed by atoms with Gasteiger partial charge in [-0.1, -0.05) is 17.7 Å². The first-order valence-electron chi connectivity index (χ1n) is 8.10. The summed E-state index contributed by atoms with van der Waals surface area (Å²) < 4.78 is 11.4. The predicted octanol–water partition coefficient (Wildman–Crippen LogP) is 4.87. The van der Waals surface area contributed by atoms with E-state index in [0.29, 0.717) is 28.7 Å². The lowest BCUT2D eigenvalue weighted by molar-refractivity contribution is -0.115. The van der Waals surface area contributed by atoms with Crippen LogP contribution in [0.5, 0.6) is 5.75 Å². The zero-order valence-corrected chi connectivity index (χ0v) is 15.7. The molecule has 6 nitrogen and oxygen atoms in total. The van der Waals surface area contributed by atoms with E-state index in [1.165, 1.54) is 0 Å². The van der Waals surface area contributed by atoms with Gasteiger partial charge in [-0.2, -0.15) is 0 Å². The first kappa shape index (κ1) is 17.6. The van der Waals surface area contributed by atoms with Crippen LogP contribution in [0.2, 0.25) is 5.02 Å². The van der Waals surface area contributed by atoms with Crippen LogP contribution < -0.4 is 10.1 Å². The topological polar surface area (TPSA) is 81.4 Å². The van der Waals surface area contributed by atoms with Crippen molar-refractivity contribution in [3.63, 3.8) is 0 Å². The van der Waals surface area contributed by atoms with Crippen LogP contribution in [0.15, 0.2) is 46.0 Å². The van der Waals surface area contributed by atoms with E-state index in [0.717, 1.165) is 28.3 Å². The Labute approximate surface area is 163 Å². The summed E-state index contributed by atoms with van der Waals surface area (Å²) in [4.78, 5) is 27.6. The van der Waals surface area contributed by atoms with E-state index in [-0.39, 0.29) is 4.91 Å². The summed E-state index contributed by atoms with van der Waals surface area (Å²) in [6.07, 6.45) is 4.91. The van der Waals surface area contributed by atoms with Crippen LogP contribution in [0, 0.1) is 0 Å². The predicted molar refractivity (Wildman–Crippen MR) is 105 cm³/mol. The summed E-state index contributed by atoms with van der Waals surface area (Å²) in [6, 6.07) is 7.25. The maximum Gasteiger partial charge on any atom is 0.290 e. The Hall–Kier alpha value is -2.77. The van der Waals surface area contributed by atoms with Crippen LogP contribution in [-0.4, -0.2) is 22.7 Å². The van der Waals surface area contributed by atoms with Gasteiger partial charge in [0.1, 0.15) is 17.1 Å². The van der Waals surface area contributed by atoms with Gasteiger partial charge in [0.2, 0.25) is 0 Å². The molecule has 0 bridgehead atoms. The Morgan fingerprint density at radius 1 is 1.30 bits per heavy atom. The Morgan fingerprint density at radius 3 is 2.85 bits per heavy atom. The molecule has 1 aliphatic rings. The van der Waals surface area contributed by atoms with Crippen molar-refractivity contribution in [3.8, 4) is 16.9 Å². The molecule has 27 heavy (non-hydrogen) atoms. The monoisotopic (exact) mass is 400 g/mol. The summed E-state index contributed by atoms with van der Waals surface area (Å²) in [5.74, 6) is 0.646. The lowest BCUT2D eigenvalue weighted by Crippen LogP contribution is -2.17. The standard InChI is InChI=1S/C19H13ClN2O4S/c1-2-25-15-4-3-10(6-14(15)20)13-9-21-8-11-5-12(26-17(11)13)7-16-18(23)22-19(24)27-16/h3-9H,2H2,1H3,(H,22,23,24). The highest BCUT2D eigenvalue weighted by molar-refractivity contribution is 8.18. The van der Waals surface area contributed by atoms with E-state index in [9.17, 15) is 9.59 Å². The summed E-state index contributed by atoms with van der Waals surface area (Å²) >= 11 is 7.13. The van der Waals surface area contributed by atoms with Crippen LogP contribution >= 0.6 is 23.4 Å². The van der Waals surface area contributed by atoms with Crippen molar-refractivity contribution < 1.29 is 18.7 Å². The second-order valence-corrected chi connectivity index (χ2v) is 7.11. The van der Waals surface area contributed by atoms with Crippen LogP contribution in [0.4, 0.5) is 4.79 Å². The molecule has 2 aromatic heterocycles. The first-order chi connectivity index (χ1) is 13.0. The number of nitrogens with zero attached hydrogens (tertiary/aromatic N) is 1. The Bertz CT molecular complexity index is 1110. The van der Waals surface area contributed by atoms with Gasteiger partial charge in [0.15, 0.2) is 0 Å². The highest BCUT2D eigenvalue weighted by Gasteiger charge is 2.25. The highest BCUT2D eigenvalue weighted by atomic mass is 35.5. The molecule has 1 aromatic carbocycles. The fourth-order valence-corrected chi connectivity index (χ4v) is 3.65. The van der Waals surface area contributed by atoms with Gasteiger partial charge in [-0.05, 0) is 42.4 Å². The Kier molecular flexibility index (Phi) is 4.63. The van der Waals surface area contributed by atoms with Crippen molar-refractivity contribution in [3.05, 3.63) is 52.3 Å². The van der Waals surface area contributed by atoms with Gasteiger partial charge in [0, 0.05) is 29.4 Å². The smallest absolute Gasteiger partial charge is 0.290 e. The number of furan rings is 1. The molecular weight excluding hydrogens is 388 g/mol. The maximum absolute atomic E-state index is 11.7. The number of amides is 2. The number of hydrogen-bond acceptors (Lipinski definition) is 6. The number of thioether (sulfide) groups is 1. The van der Waals surface area contributed by atoms with Gasteiger partial charge in [-0.25, -0.2) is 0 Å². The van der Waals surface area contributed by atoms with Crippen molar-refractivity contribution in [2.45, 2.75) is 6.92 Å². The average Bonchev–Trinajstić information content (AvgIpc) is 3.19. The van der Waals surface area contributed by atoms with E-state index >= 15 is 0 Å². The molecule has 0 radical (unpaired) electrons. The number of benzene rings is 1. The zero-order valence-electron chi connectivity index (χ0n) is 14.1. The summed E-state index contributed by atoms with van der Waals surface area (Å²) in [5, 5.41) is 3.10. The van der Waals surface area contributed by atoms with Crippen LogP contribution in [-0.2, 0) is 4.79 Å². The highest BCUT2D eigenvalue weighted by Crippen LogP contribution is 2.35. The molecule has 1 fully saturated rings. The van der Waals surface area contributed by atoms with Gasteiger partial charge >= 0.3 is 0 Å². The quantitative estimate of drug-likeness (QED) is 0.629. The van der Waals surface area contributed by atoms with E-state index < -0.39 is 11.1 Å². The molecule has 1 N–H and O–H groups in total. The Balaban J connectivity index is 1.76. The second kappa shape index (κ2) is 7.09. The minimum atomic E-state index is -0.429. The molecule has 0 atom stereocenters. The molecule has 136 valence electrons. The van der Waals surface area contributed by atoms with Crippen LogP contribution in [0.25, 0.3) is 28.2 Å². The van der Waals surface area contributed by atoms with Crippen molar-refractivity contribution in [2.24, 2.45) is 0 Å². The van der Waals surface area contributed by atoms with Gasteiger partial charge < -0.3 is 9.15 Å². The lowest BCUT2D eigenvalue weighted by Gasteiger charge is -2.08. The molecule has 1 saturated heterocycles. The van der Waals surface area contributed by atoms with E-state index in [1.54, 1.807) is 36.7 Å². The van der Waals surface area contributed by atoms with Crippen LogP contribution in [0.3, 0.4) is 0 Å². The third-order valence-electron chi connectivity index (χ3n) is 3.90. The summed E-state index contributed by atoms with van der Waals surface area (Å²) in [6.45, 7) is 2.42. The van der Waals surface area contributed by atoms with Crippen molar-refractivity contribution in [1.29, 1.82) is 0 Å². The fourth-order valence-electron chi connectivity index (χ4n) is 2.75. The third-order valence-corrected chi connectivity index (χ3v) is 5.01. The second-order valence-electron chi connectivity index (χ2n) is 5.68. The number of fused-ring (bicyclic) bond motifs is 1. The average molecular weight is 401 g/mol. The molecular formula is C19H13ClN2O4S. The number of pyridine rings is 1. The maximum atomic E-state index is 11.7. The summed E-state index contributed by atoms with van der Waals surface area (Å²) in [7, 11) is 0. The van der Waals surface area contributed by atoms with Crippen LogP contribution in [0.1, 0.15) is 12.7 Å². The minimum absolute atomic E-state index is 0.290. The summed E-state index contributed by atoms with van der Waals surface area (Å²) in [5.41, 5.74) is 2.21. The molecule has 8 heteroatoms. The van der Waals surface area contributed by atoms with E-state index in [2.05, 4.69) is 10.3 Å². The number of carbonyl (C=O) groups excluding carboxylic acids is 2. The molecule has 0 unspecified atom stereocenters. The molecule has 0 saturated carbocycles. The first-order valence-corrected chi connectivity index (χ1v) is 9.29. The molecule has 2 amide bonds. The number of ether oxygens (including phenoxy) is 1. The molecule has 1 aliphatic heterocycles. The number of halogens is 1. The SMILES string of the molecule is CCOc1ccc(-c2cncc3cc(C=C4SC(=O)NC4=O)oc23)cc1Cl. The third kappa shape index (κ3) is 3.43. The number of rotatable bonds is 4. The van der Waals surface area contributed by atoms with Crippen molar-refractivity contribution in [1.82, 2.24) is 10.3 Å². The van der Waals surface area contributed by atoms with Gasteiger partial charge in [0.05, 0.1) is 16.5 Å². The molecule has 3 aromatic rings. The number of hydrogen-bond donors (Lipinski definition) is 1. The molecule has 3 heterocycles. The fraction of sp³-hybridized carbons (Fsp3) is 0.105. The minimum Gasteiger partial charge on any atom is -0.492 e. The molecule has 0 spiro atoms. The van der Waals surface area contributed by atoms with Gasteiger partial charge in [-0.15, -0.1) is 0 Å². The number of nitrogens with one attached hydrogen (secondary N) is 1. The largest absolute Gasteiger partial charge is 0.492 e.